The molecule has 0 amide bonds. The third kappa shape index (κ3) is 1.34. The van der Waals surface area contributed by atoms with Crippen molar-refractivity contribution in [1.29, 1.82) is 0 Å². The van der Waals surface area contributed by atoms with Gasteiger partial charge in [0, 0.05) is 0 Å². The average Bonchev–Trinajstić information content (AvgIpc) is 2.33. The van der Waals surface area contributed by atoms with Crippen molar-refractivity contribution in [2.45, 2.75) is 25.5 Å². The normalized spacial score (nSPS) is 10.8. The number of hydrogen-bond donors (Lipinski definition) is 1. The standard InChI is InChI=1S/C7H11NOS/c1-5(2)7-6(3-10)9-4-8-7/h4-5,10H,3H2,1-2H3. The SMILES string of the molecule is CC(C)c1ncoc1CS. The summed E-state index contributed by atoms with van der Waals surface area (Å²) < 4.78 is 5.09. The van der Waals surface area contributed by atoms with E-state index in [-0.39, 0.29) is 0 Å². The quantitative estimate of drug-likeness (QED) is 0.666. The molecular weight excluding hydrogens is 146 g/mol. The molecule has 0 atom stereocenters. The summed E-state index contributed by atoms with van der Waals surface area (Å²) in [7, 11) is 0. The van der Waals surface area contributed by atoms with Crippen molar-refractivity contribution in [2.75, 3.05) is 0 Å². The molecule has 0 aliphatic heterocycles. The van der Waals surface area contributed by atoms with Crippen LogP contribution in [-0.4, -0.2) is 4.98 Å². The largest absolute Gasteiger partial charge is 0.447 e. The zero-order valence-electron chi connectivity index (χ0n) is 6.16. The second-order valence-electron chi connectivity index (χ2n) is 2.47. The molecule has 0 saturated carbocycles. The molecule has 0 unspecified atom stereocenters. The molecule has 1 heterocycles. The van der Waals surface area contributed by atoms with Gasteiger partial charge in [-0.1, -0.05) is 13.8 Å². The van der Waals surface area contributed by atoms with Crippen molar-refractivity contribution in [1.82, 2.24) is 4.98 Å². The summed E-state index contributed by atoms with van der Waals surface area (Å²) in [6.45, 7) is 4.18. The van der Waals surface area contributed by atoms with Crippen LogP contribution in [0.1, 0.15) is 31.2 Å². The monoisotopic (exact) mass is 157 g/mol. The van der Waals surface area contributed by atoms with Gasteiger partial charge < -0.3 is 4.42 Å². The van der Waals surface area contributed by atoms with Gasteiger partial charge in [0.05, 0.1) is 11.4 Å². The van der Waals surface area contributed by atoms with E-state index in [9.17, 15) is 0 Å². The Morgan fingerprint density at radius 3 is 2.80 bits per heavy atom. The van der Waals surface area contributed by atoms with Crippen LogP contribution in [0.4, 0.5) is 0 Å². The lowest BCUT2D eigenvalue weighted by Crippen LogP contribution is -1.90. The van der Waals surface area contributed by atoms with Gasteiger partial charge in [-0.25, -0.2) is 4.98 Å². The van der Waals surface area contributed by atoms with Gasteiger partial charge in [-0.2, -0.15) is 12.6 Å². The minimum absolute atomic E-state index is 0.431. The predicted molar refractivity (Wildman–Crippen MR) is 43.3 cm³/mol. The van der Waals surface area contributed by atoms with E-state index in [2.05, 4.69) is 31.5 Å². The molecular formula is C7H11NOS. The lowest BCUT2D eigenvalue weighted by atomic mass is 10.1. The fourth-order valence-corrected chi connectivity index (χ4v) is 1.10. The van der Waals surface area contributed by atoms with Crippen LogP contribution in [0.15, 0.2) is 10.8 Å². The summed E-state index contributed by atoms with van der Waals surface area (Å²) in [6.07, 6.45) is 1.47. The van der Waals surface area contributed by atoms with Crippen LogP contribution in [0.25, 0.3) is 0 Å². The van der Waals surface area contributed by atoms with E-state index in [1.165, 1.54) is 6.39 Å². The number of aromatic nitrogens is 1. The molecule has 10 heavy (non-hydrogen) atoms. The van der Waals surface area contributed by atoms with E-state index in [0.29, 0.717) is 11.7 Å². The summed E-state index contributed by atoms with van der Waals surface area (Å²) in [6, 6.07) is 0. The molecule has 3 heteroatoms. The van der Waals surface area contributed by atoms with Crippen molar-refractivity contribution in [3.63, 3.8) is 0 Å². The van der Waals surface area contributed by atoms with Crippen LogP contribution >= 0.6 is 12.6 Å². The number of thiol groups is 1. The van der Waals surface area contributed by atoms with Gasteiger partial charge in [-0.05, 0) is 5.92 Å². The van der Waals surface area contributed by atoms with Crippen molar-refractivity contribution in [3.05, 3.63) is 17.8 Å². The Morgan fingerprint density at radius 2 is 2.40 bits per heavy atom. The minimum atomic E-state index is 0.431. The zero-order chi connectivity index (χ0) is 7.56. The van der Waals surface area contributed by atoms with Gasteiger partial charge in [0.2, 0.25) is 0 Å². The first-order valence-corrected chi connectivity index (χ1v) is 3.92. The highest BCUT2D eigenvalue weighted by molar-refractivity contribution is 7.79. The molecule has 0 aliphatic rings. The van der Waals surface area contributed by atoms with Gasteiger partial charge in [0.25, 0.3) is 0 Å². The molecule has 1 aromatic heterocycles. The number of nitrogens with zero attached hydrogens (tertiary/aromatic N) is 1. The van der Waals surface area contributed by atoms with Crippen LogP contribution in [0, 0.1) is 0 Å². The summed E-state index contributed by atoms with van der Waals surface area (Å²) in [5.74, 6) is 1.95. The molecule has 0 N–H and O–H groups in total. The number of hydrogen-bond acceptors (Lipinski definition) is 3. The van der Waals surface area contributed by atoms with E-state index in [1.807, 2.05) is 0 Å². The zero-order valence-corrected chi connectivity index (χ0v) is 7.06. The summed E-state index contributed by atoms with van der Waals surface area (Å²) >= 11 is 4.11. The summed E-state index contributed by atoms with van der Waals surface area (Å²) in [5, 5.41) is 0. The highest BCUT2D eigenvalue weighted by Crippen LogP contribution is 2.18. The first kappa shape index (κ1) is 7.66. The van der Waals surface area contributed by atoms with Crippen LogP contribution < -0.4 is 0 Å². The van der Waals surface area contributed by atoms with E-state index >= 15 is 0 Å². The van der Waals surface area contributed by atoms with Gasteiger partial charge in [0.15, 0.2) is 6.39 Å². The van der Waals surface area contributed by atoms with Crippen LogP contribution in [0.3, 0.4) is 0 Å². The topological polar surface area (TPSA) is 26.0 Å². The molecule has 1 aromatic rings. The van der Waals surface area contributed by atoms with Gasteiger partial charge in [0.1, 0.15) is 5.76 Å². The lowest BCUT2D eigenvalue weighted by Gasteiger charge is -1.99. The molecule has 0 aliphatic carbocycles. The Bertz CT molecular complexity index is 207. The fourth-order valence-electron chi connectivity index (χ4n) is 0.868. The van der Waals surface area contributed by atoms with Crippen molar-refractivity contribution < 1.29 is 4.42 Å². The minimum Gasteiger partial charge on any atom is -0.447 e. The highest BCUT2D eigenvalue weighted by atomic mass is 32.1. The Kier molecular flexibility index (Phi) is 2.38. The average molecular weight is 157 g/mol. The Hall–Kier alpha value is -0.440. The third-order valence-electron chi connectivity index (χ3n) is 1.36. The maximum absolute atomic E-state index is 5.09. The van der Waals surface area contributed by atoms with Gasteiger partial charge in [-0.3, -0.25) is 0 Å². The summed E-state index contributed by atoms with van der Waals surface area (Å²) in [5.41, 5.74) is 1.02. The lowest BCUT2D eigenvalue weighted by molar-refractivity contribution is 0.519. The maximum Gasteiger partial charge on any atom is 0.181 e. The highest BCUT2D eigenvalue weighted by Gasteiger charge is 2.08. The second-order valence-corrected chi connectivity index (χ2v) is 2.79. The van der Waals surface area contributed by atoms with E-state index in [4.69, 9.17) is 4.42 Å². The molecule has 0 radical (unpaired) electrons. The van der Waals surface area contributed by atoms with Crippen molar-refractivity contribution in [2.24, 2.45) is 0 Å². The van der Waals surface area contributed by atoms with Crippen molar-refractivity contribution >= 4 is 12.6 Å². The molecule has 0 aromatic carbocycles. The Balaban J connectivity index is 2.90. The first-order valence-electron chi connectivity index (χ1n) is 3.28. The molecule has 56 valence electrons. The number of rotatable bonds is 2. The van der Waals surface area contributed by atoms with E-state index < -0.39 is 0 Å². The van der Waals surface area contributed by atoms with E-state index in [1.54, 1.807) is 0 Å². The number of oxazole rings is 1. The van der Waals surface area contributed by atoms with Crippen LogP contribution in [-0.2, 0) is 5.75 Å². The van der Waals surface area contributed by atoms with Crippen molar-refractivity contribution in [3.8, 4) is 0 Å². The molecule has 1 rings (SSSR count). The first-order chi connectivity index (χ1) is 4.75. The van der Waals surface area contributed by atoms with Gasteiger partial charge in [-0.15, -0.1) is 0 Å². The summed E-state index contributed by atoms with van der Waals surface area (Å²) in [4.78, 5) is 4.07. The second kappa shape index (κ2) is 3.10. The molecule has 0 fully saturated rings. The molecule has 0 spiro atoms. The Morgan fingerprint density at radius 1 is 1.70 bits per heavy atom. The smallest absolute Gasteiger partial charge is 0.181 e. The van der Waals surface area contributed by atoms with E-state index in [0.717, 1.165) is 11.5 Å². The molecule has 2 nitrogen and oxygen atoms in total. The molecule has 0 saturated heterocycles. The fraction of sp³-hybridized carbons (Fsp3) is 0.571. The molecule has 0 bridgehead atoms. The third-order valence-corrected chi connectivity index (χ3v) is 1.65. The Labute approximate surface area is 66.1 Å². The maximum atomic E-state index is 5.09. The van der Waals surface area contributed by atoms with Crippen LogP contribution in [0.2, 0.25) is 0 Å². The van der Waals surface area contributed by atoms with Crippen LogP contribution in [0.5, 0.6) is 0 Å². The predicted octanol–water partition coefficient (Wildman–Crippen LogP) is 2.23. The van der Waals surface area contributed by atoms with Gasteiger partial charge >= 0.3 is 0 Å².